The molecule has 0 unspecified atom stereocenters. The number of ether oxygens (including phenoxy) is 1. The lowest BCUT2D eigenvalue weighted by atomic mass is 10.1. The fourth-order valence-electron chi connectivity index (χ4n) is 3.40. The maximum atomic E-state index is 13.1. The number of benzene rings is 3. The summed E-state index contributed by atoms with van der Waals surface area (Å²) < 4.78 is 5.17. The van der Waals surface area contributed by atoms with E-state index >= 15 is 0 Å². The number of carbonyl (C=O) groups is 3. The molecule has 1 aromatic heterocycles. The molecular formula is C28H24ClN3O4S. The van der Waals surface area contributed by atoms with Gasteiger partial charge in [0, 0.05) is 21.5 Å². The number of aryl methyl sites for hydroxylation is 1. The number of halogens is 1. The van der Waals surface area contributed by atoms with E-state index in [2.05, 4.69) is 10.3 Å². The lowest BCUT2D eigenvalue weighted by molar-refractivity contribution is -0.146. The van der Waals surface area contributed by atoms with Gasteiger partial charge in [0.25, 0.3) is 11.8 Å². The number of esters is 1. The average molecular weight is 534 g/mol. The highest BCUT2D eigenvalue weighted by molar-refractivity contribution is 7.14. The second kappa shape index (κ2) is 12.3. The molecule has 3 aromatic carbocycles. The summed E-state index contributed by atoms with van der Waals surface area (Å²) in [6, 6.07) is 23.7. The van der Waals surface area contributed by atoms with E-state index in [1.54, 1.807) is 24.3 Å². The van der Waals surface area contributed by atoms with Crippen LogP contribution >= 0.6 is 22.9 Å². The standard InChI is InChI=1S/C28H24ClN3O4S/c1-19-7-9-22(10-8-19)27(35)30-15-26(34)36-17-25(33)32(16-20-5-3-2-4-6-20)28-31-24(18-37-28)21-11-13-23(29)14-12-21/h2-14,18H,15-17H2,1H3,(H,30,35). The van der Waals surface area contributed by atoms with Crippen LogP contribution < -0.4 is 10.2 Å². The van der Waals surface area contributed by atoms with E-state index in [0.717, 1.165) is 16.7 Å². The molecule has 0 saturated carbocycles. The van der Waals surface area contributed by atoms with Crippen molar-refractivity contribution >= 4 is 45.9 Å². The summed E-state index contributed by atoms with van der Waals surface area (Å²) >= 11 is 7.30. The number of anilines is 1. The van der Waals surface area contributed by atoms with E-state index in [9.17, 15) is 14.4 Å². The molecule has 1 N–H and O–H groups in total. The topological polar surface area (TPSA) is 88.6 Å². The Hall–Kier alpha value is -4.01. The fraction of sp³-hybridized carbons (Fsp3) is 0.143. The van der Waals surface area contributed by atoms with Gasteiger partial charge in [-0.1, -0.05) is 71.8 Å². The van der Waals surface area contributed by atoms with Crippen molar-refractivity contribution in [2.45, 2.75) is 13.5 Å². The van der Waals surface area contributed by atoms with Crippen LogP contribution in [0.15, 0.2) is 84.2 Å². The zero-order valence-corrected chi connectivity index (χ0v) is 21.6. The molecule has 9 heteroatoms. The Kier molecular flexibility index (Phi) is 8.66. The number of amides is 2. The lowest BCUT2D eigenvalue weighted by Crippen LogP contribution is -2.36. The van der Waals surface area contributed by atoms with E-state index in [1.165, 1.54) is 16.2 Å². The third-order valence-electron chi connectivity index (χ3n) is 5.41. The normalized spacial score (nSPS) is 10.5. The Morgan fingerprint density at radius 1 is 0.973 bits per heavy atom. The maximum Gasteiger partial charge on any atom is 0.325 e. The van der Waals surface area contributed by atoms with Crippen LogP contribution in [0.3, 0.4) is 0 Å². The number of aromatic nitrogens is 1. The minimum atomic E-state index is -0.713. The summed E-state index contributed by atoms with van der Waals surface area (Å²) in [5, 5.41) is 5.46. The van der Waals surface area contributed by atoms with Gasteiger partial charge >= 0.3 is 5.97 Å². The molecule has 7 nitrogen and oxygen atoms in total. The summed E-state index contributed by atoms with van der Waals surface area (Å²) in [4.78, 5) is 43.7. The summed E-state index contributed by atoms with van der Waals surface area (Å²) in [5.41, 5.74) is 3.93. The average Bonchev–Trinajstić information content (AvgIpc) is 3.40. The first-order valence-corrected chi connectivity index (χ1v) is 12.7. The Morgan fingerprint density at radius 2 is 1.68 bits per heavy atom. The molecule has 0 radical (unpaired) electrons. The minimum absolute atomic E-state index is 0.259. The van der Waals surface area contributed by atoms with E-state index in [1.807, 2.05) is 66.9 Å². The third-order valence-corrected chi connectivity index (χ3v) is 6.53. The van der Waals surface area contributed by atoms with Gasteiger partial charge in [-0.15, -0.1) is 11.3 Å². The fourth-order valence-corrected chi connectivity index (χ4v) is 4.38. The monoisotopic (exact) mass is 533 g/mol. The first-order chi connectivity index (χ1) is 17.9. The van der Waals surface area contributed by atoms with E-state index < -0.39 is 24.4 Å². The van der Waals surface area contributed by atoms with Crippen LogP contribution in [0, 0.1) is 6.92 Å². The van der Waals surface area contributed by atoms with Gasteiger partial charge in [0.15, 0.2) is 11.7 Å². The Bertz CT molecular complexity index is 1370. The zero-order valence-electron chi connectivity index (χ0n) is 20.0. The third kappa shape index (κ3) is 7.25. The molecular weight excluding hydrogens is 510 g/mol. The molecule has 0 aliphatic heterocycles. The van der Waals surface area contributed by atoms with Crippen molar-refractivity contribution in [3.05, 3.63) is 106 Å². The molecule has 0 aliphatic carbocycles. The second-order valence-corrected chi connectivity index (χ2v) is 9.47. The molecule has 0 bridgehead atoms. The summed E-state index contributed by atoms with van der Waals surface area (Å²) in [6.07, 6.45) is 0. The molecule has 0 aliphatic rings. The smallest absolute Gasteiger partial charge is 0.325 e. The van der Waals surface area contributed by atoms with Crippen molar-refractivity contribution < 1.29 is 19.1 Å². The van der Waals surface area contributed by atoms with Crippen LogP contribution in [0.25, 0.3) is 11.3 Å². The van der Waals surface area contributed by atoms with Crippen molar-refractivity contribution in [3.63, 3.8) is 0 Å². The van der Waals surface area contributed by atoms with E-state index in [-0.39, 0.29) is 13.1 Å². The summed E-state index contributed by atoms with van der Waals surface area (Å²) in [7, 11) is 0. The van der Waals surface area contributed by atoms with Gasteiger partial charge in [0.05, 0.1) is 12.2 Å². The quantitative estimate of drug-likeness (QED) is 0.296. The van der Waals surface area contributed by atoms with E-state index in [4.69, 9.17) is 16.3 Å². The molecule has 188 valence electrons. The maximum absolute atomic E-state index is 13.1. The molecule has 0 fully saturated rings. The molecule has 1 heterocycles. The van der Waals surface area contributed by atoms with Crippen LogP contribution in [0.4, 0.5) is 5.13 Å². The van der Waals surface area contributed by atoms with Crippen molar-refractivity contribution in [3.8, 4) is 11.3 Å². The van der Waals surface area contributed by atoms with Gasteiger partial charge in [-0.05, 0) is 36.8 Å². The highest BCUT2D eigenvalue weighted by Crippen LogP contribution is 2.29. The largest absolute Gasteiger partial charge is 0.454 e. The van der Waals surface area contributed by atoms with Crippen LogP contribution in [-0.2, 0) is 20.9 Å². The number of hydrogen-bond donors (Lipinski definition) is 1. The predicted molar refractivity (Wildman–Crippen MR) is 145 cm³/mol. The van der Waals surface area contributed by atoms with Crippen molar-refractivity contribution in [1.82, 2.24) is 10.3 Å². The number of carbonyl (C=O) groups excluding carboxylic acids is 3. The van der Waals surface area contributed by atoms with Crippen molar-refractivity contribution in [2.24, 2.45) is 0 Å². The van der Waals surface area contributed by atoms with Crippen molar-refractivity contribution in [1.29, 1.82) is 0 Å². The summed E-state index contributed by atoms with van der Waals surface area (Å²) in [5.74, 6) is -1.54. The van der Waals surface area contributed by atoms with Crippen LogP contribution in [-0.4, -0.2) is 35.9 Å². The Labute approximate surface area is 223 Å². The van der Waals surface area contributed by atoms with E-state index in [0.29, 0.717) is 21.4 Å². The molecule has 0 atom stereocenters. The van der Waals surface area contributed by atoms with Crippen LogP contribution in [0.2, 0.25) is 5.02 Å². The van der Waals surface area contributed by atoms with Gasteiger partial charge in [-0.25, -0.2) is 4.98 Å². The predicted octanol–water partition coefficient (Wildman–Crippen LogP) is 5.28. The SMILES string of the molecule is Cc1ccc(C(=O)NCC(=O)OCC(=O)N(Cc2ccccc2)c2nc(-c3ccc(Cl)cc3)cs2)cc1. The highest BCUT2D eigenvalue weighted by atomic mass is 35.5. The van der Waals surface area contributed by atoms with Gasteiger partial charge in [0.1, 0.15) is 6.54 Å². The van der Waals surface area contributed by atoms with Crippen LogP contribution in [0.5, 0.6) is 0 Å². The Morgan fingerprint density at radius 3 is 2.38 bits per heavy atom. The summed E-state index contributed by atoms with van der Waals surface area (Å²) in [6.45, 7) is 1.34. The van der Waals surface area contributed by atoms with Gasteiger partial charge < -0.3 is 10.1 Å². The second-order valence-electron chi connectivity index (χ2n) is 8.20. The molecule has 4 rings (SSSR count). The number of thiazole rings is 1. The number of hydrogen-bond acceptors (Lipinski definition) is 6. The van der Waals surface area contributed by atoms with Crippen molar-refractivity contribution in [2.75, 3.05) is 18.1 Å². The molecule has 4 aromatic rings. The number of nitrogens with zero attached hydrogens (tertiary/aromatic N) is 2. The Balaban J connectivity index is 1.40. The lowest BCUT2D eigenvalue weighted by Gasteiger charge is -2.20. The molecule has 0 saturated heterocycles. The van der Waals surface area contributed by atoms with Gasteiger partial charge in [-0.2, -0.15) is 0 Å². The van der Waals surface area contributed by atoms with Gasteiger partial charge in [0.2, 0.25) is 0 Å². The highest BCUT2D eigenvalue weighted by Gasteiger charge is 2.22. The minimum Gasteiger partial charge on any atom is -0.454 e. The number of nitrogens with one attached hydrogen (secondary N) is 1. The first-order valence-electron chi connectivity index (χ1n) is 11.5. The number of rotatable bonds is 9. The van der Waals surface area contributed by atoms with Gasteiger partial charge in [-0.3, -0.25) is 19.3 Å². The zero-order chi connectivity index (χ0) is 26.2. The first kappa shape index (κ1) is 26.1. The molecule has 37 heavy (non-hydrogen) atoms. The molecule has 0 spiro atoms. The molecule has 2 amide bonds. The van der Waals surface area contributed by atoms with Crippen LogP contribution in [0.1, 0.15) is 21.5 Å².